The first kappa shape index (κ1) is 13.1. The summed E-state index contributed by atoms with van der Waals surface area (Å²) in [5, 5.41) is 7.97. The molecule has 0 bridgehead atoms. The van der Waals surface area contributed by atoms with Crippen LogP contribution in [0.1, 0.15) is 16.2 Å². The van der Waals surface area contributed by atoms with E-state index in [1.54, 1.807) is 23.9 Å². The number of carbonyl (C=O) groups is 1. The minimum Gasteiger partial charge on any atom is -0.296 e. The third kappa shape index (κ3) is 2.28. The topological polar surface area (TPSA) is 59.8 Å². The highest BCUT2D eigenvalue weighted by atomic mass is 35.5. The second-order valence-corrected chi connectivity index (χ2v) is 5.79. The summed E-state index contributed by atoms with van der Waals surface area (Å²) in [6.07, 6.45) is 0. The monoisotopic (exact) mass is 306 g/mol. The van der Waals surface area contributed by atoms with E-state index in [1.807, 2.05) is 19.1 Å². The Balaban J connectivity index is 1.89. The second-order valence-electron chi connectivity index (χ2n) is 4.35. The molecule has 0 aliphatic heterocycles. The van der Waals surface area contributed by atoms with E-state index in [0.29, 0.717) is 21.4 Å². The number of fused-ring (bicyclic) bond motifs is 1. The normalized spacial score (nSPS) is 10.9. The molecule has 3 aromatic rings. The molecule has 2 heterocycles. The van der Waals surface area contributed by atoms with E-state index in [4.69, 9.17) is 11.6 Å². The molecule has 5 nitrogen and oxygen atoms in total. The molecule has 0 aliphatic rings. The number of nitrogens with zero attached hydrogens (tertiary/aromatic N) is 3. The van der Waals surface area contributed by atoms with E-state index in [0.717, 1.165) is 10.4 Å². The zero-order valence-corrected chi connectivity index (χ0v) is 12.4. The van der Waals surface area contributed by atoms with Crippen LogP contribution in [0.5, 0.6) is 0 Å². The van der Waals surface area contributed by atoms with Crippen molar-refractivity contribution >= 4 is 44.2 Å². The molecule has 1 N–H and O–H groups in total. The molecule has 0 spiro atoms. The molecule has 0 aliphatic carbocycles. The van der Waals surface area contributed by atoms with Crippen molar-refractivity contribution in [1.82, 2.24) is 14.8 Å². The second kappa shape index (κ2) is 4.88. The van der Waals surface area contributed by atoms with Gasteiger partial charge in [-0.15, -0.1) is 0 Å². The summed E-state index contributed by atoms with van der Waals surface area (Å²) in [4.78, 5) is 16.4. The molecule has 0 fully saturated rings. The Hall–Kier alpha value is -1.92. The SMILES string of the molecule is Cc1cc(C(=O)Nc2nc3c(Cl)cccc3s2)nn1C. The molecular weight excluding hydrogens is 296 g/mol. The summed E-state index contributed by atoms with van der Waals surface area (Å²) in [5.74, 6) is -0.274. The lowest BCUT2D eigenvalue weighted by Gasteiger charge is -1.96. The number of hydrogen-bond donors (Lipinski definition) is 1. The van der Waals surface area contributed by atoms with Gasteiger partial charge in [-0.05, 0) is 25.1 Å². The molecule has 7 heteroatoms. The van der Waals surface area contributed by atoms with Crippen LogP contribution < -0.4 is 5.32 Å². The van der Waals surface area contributed by atoms with Gasteiger partial charge in [-0.1, -0.05) is 29.0 Å². The highest BCUT2D eigenvalue weighted by molar-refractivity contribution is 7.22. The number of halogens is 1. The summed E-state index contributed by atoms with van der Waals surface area (Å²) in [5.41, 5.74) is 1.99. The highest BCUT2D eigenvalue weighted by Gasteiger charge is 2.14. The van der Waals surface area contributed by atoms with E-state index in [-0.39, 0.29) is 5.91 Å². The first-order valence-corrected chi connectivity index (χ1v) is 7.11. The highest BCUT2D eigenvalue weighted by Crippen LogP contribution is 2.30. The van der Waals surface area contributed by atoms with Gasteiger partial charge in [0.25, 0.3) is 5.91 Å². The van der Waals surface area contributed by atoms with Crippen LogP contribution in [-0.4, -0.2) is 20.7 Å². The number of para-hydroxylation sites is 1. The number of amides is 1. The van der Waals surface area contributed by atoms with Gasteiger partial charge in [0.05, 0.1) is 9.72 Å². The largest absolute Gasteiger partial charge is 0.296 e. The number of benzene rings is 1. The summed E-state index contributed by atoms with van der Waals surface area (Å²) in [6.45, 7) is 1.89. The van der Waals surface area contributed by atoms with Crippen molar-refractivity contribution in [2.45, 2.75) is 6.92 Å². The van der Waals surface area contributed by atoms with Crippen molar-refractivity contribution in [3.8, 4) is 0 Å². The fourth-order valence-corrected chi connectivity index (χ4v) is 2.96. The molecule has 0 radical (unpaired) electrons. The predicted molar refractivity (Wildman–Crippen MR) is 80.5 cm³/mol. The average molecular weight is 307 g/mol. The van der Waals surface area contributed by atoms with Gasteiger partial charge >= 0.3 is 0 Å². The number of nitrogens with one attached hydrogen (secondary N) is 1. The van der Waals surface area contributed by atoms with Crippen LogP contribution in [0.15, 0.2) is 24.3 Å². The van der Waals surface area contributed by atoms with Crippen LogP contribution in [0.3, 0.4) is 0 Å². The average Bonchev–Trinajstić information content (AvgIpc) is 2.95. The number of anilines is 1. The van der Waals surface area contributed by atoms with Gasteiger partial charge < -0.3 is 0 Å². The maximum Gasteiger partial charge on any atom is 0.277 e. The summed E-state index contributed by atoms with van der Waals surface area (Å²) < 4.78 is 2.59. The number of aromatic nitrogens is 3. The molecule has 20 heavy (non-hydrogen) atoms. The Kier molecular flexibility index (Phi) is 3.19. The molecule has 0 saturated carbocycles. The van der Waals surface area contributed by atoms with Crippen molar-refractivity contribution in [2.75, 3.05) is 5.32 Å². The Labute approximate surface area is 124 Å². The molecule has 0 unspecified atom stereocenters. The molecule has 3 rings (SSSR count). The van der Waals surface area contributed by atoms with Crippen molar-refractivity contribution in [1.29, 1.82) is 0 Å². The first-order chi connectivity index (χ1) is 9.54. The molecule has 1 amide bonds. The standard InChI is InChI=1S/C13H11ClN4OS/c1-7-6-9(17-18(7)2)12(19)16-13-15-11-8(14)4-3-5-10(11)20-13/h3-6H,1-2H3,(H,15,16,19). The van der Waals surface area contributed by atoms with Crippen LogP contribution in [-0.2, 0) is 7.05 Å². The zero-order valence-electron chi connectivity index (χ0n) is 10.8. The molecular formula is C13H11ClN4OS. The molecule has 2 aromatic heterocycles. The maximum atomic E-state index is 12.1. The van der Waals surface area contributed by atoms with Gasteiger partial charge in [-0.3, -0.25) is 14.8 Å². The number of rotatable bonds is 2. The lowest BCUT2D eigenvalue weighted by Crippen LogP contribution is -2.12. The number of carbonyl (C=O) groups excluding carboxylic acids is 1. The van der Waals surface area contributed by atoms with Gasteiger partial charge in [0.2, 0.25) is 0 Å². The molecule has 1 aromatic carbocycles. The van der Waals surface area contributed by atoms with Gasteiger partial charge in [-0.2, -0.15) is 5.10 Å². The summed E-state index contributed by atoms with van der Waals surface area (Å²) >= 11 is 7.45. The van der Waals surface area contributed by atoms with Crippen LogP contribution in [0.25, 0.3) is 10.2 Å². The zero-order chi connectivity index (χ0) is 14.3. The molecule has 0 atom stereocenters. The van der Waals surface area contributed by atoms with Crippen LogP contribution in [0.2, 0.25) is 5.02 Å². The van der Waals surface area contributed by atoms with Gasteiger partial charge in [0, 0.05) is 12.7 Å². The Bertz CT molecular complexity index is 788. The van der Waals surface area contributed by atoms with Gasteiger partial charge in [-0.25, -0.2) is 4.98 Å². The molecule has 102 valence electrons. The quantitative estimate of drug-likeness (QED) is 0.790. The van der Waals surface area contributed by atoms with E-state index in [9.17, 15) is 4.79 Å². The van der Waals surface area contributed by atoms with Crippen molar-refractivity contribution in [2.24, 2.45) is 7.05 Å². The van der Waals surface area contributed by atoms with Gasteiger partial charge in [0.15, 0.2) is 10.8 Å². The van der Waals surface area contributed by atoms with E-state index in [1.165, 1.54) is 11.3 Å². The number of hydrogen-bond acceptors (Lipinski definition) is 4. The summed E-state index contributed by atoms with van der Waals surface area (Å²) in [6, 6.07) is 7.28. The number of thiazole rings is 1. The first-order valence-electron chi connectivity index (χ1n) is 5.91. The van der Waals surface area contributed by atoms with Crippen molar-refractivity contribution in [3.63, 3.8) is 0 Å². The van der Waals surface area contributed by atoms with E-state index < -0.39 is 0 Å². The Morgan fingerprint density at radius 2 is 2.25 bits per heavy atom. The minimum atomic E-state index is -0.274. The van der Waals surface area contributed by atoms with E-state index >= 15 is 0 Å². The predicted octanol–water partition coefficient (Wildman–Crippen LogP) is 3.24. The number of aryl methyl sites for hydroxylation is 2. The fourth-order valence-electron chi connectivity index (χ4n) is 1.80. The van der Waals surface area contributed by atoms with Crippen molar-refractivity contribution in [3.05, 3.63) is 40.7 Å². The van der Waals surface area contributed by atoms with Crippen LogP contribution in [0, 0.1) is 6.92 Å². The Morgan fingerprint density at radius 3 is 2.90 bits per heavy atom. The van der Waals surface area contributed by atoms with Crippen LogP contribution in [0.4, 0.5) is 5.13 Å². The lowest BCUT2D eigenvalue weighted by molar-refractivity contribution is 0.102. The third-order valence-electron chi connectivity index (χ3n) is 2.94. The lowest BCUT2D eigenvalue weighted by atomic mass is 10.3. The fraction of sp³-hybridized carbons (Fsp3) is 0.154. The maximum absolute atomic E-state index is 12.1. The Morgan fingerprint density at radius 1 is 1.45 bits per heavy atom. The van der Waals surface area contributed by atoms with Crippen molar-refractivity contribution < 1.29 is 4.79 Å². The van der Waals surface area contributed by atoms with Crippen LogP contribution >= 0.6 is 22.9 Å². The minimum absolute atomic E-state index is 0.274. The summed E-state index contributed by atoms with van der Waals surface area (Å²) in [7, 11) is 1.80. The van der Waals surface area contributed by atoms with Gasteiger partial charge in [0.1, 0.15) is 5.52 Å². The van der Waals surface area contributed by atoms with E-state index in [2.05, 4.69) is 15.4 Å². The smallest absolute Gasteiger partial charge is 0.277 e. The molecule has 0 saturated heterocycles. The third-order valence-corrected chi connectivity index (χ3v) is 4.18.